The molecule has 1 N–H and O–H groups in total. The maximum absolute atomic E-state index is 12.8. The first-order chi connectivity index (χ1) is 14.6. The minimum Gasteiger partial charge on any atom is -0.463 e. The standard InChI is InChI=1S/C22H21ClN4O2S/c1-3-29-20(28)18-14(2)24-21-25-22(30-13-15-8-5-4-6-9-15)26-27(21)19(18)16-10-7-11-17(23)12-16/h4-12,19H,3,13H2,1-2H3,(H,24,25,26). The predicted octanol–water partition coefficient (Wildman–Crippen LogP) is 5.08. The smallest absolute Gasteiger partial charge is 0.338 e. The number of benzene rings is 2. The van der Waals surface area contributed by atoms with Gasteiger partial charge in [0.15, 0.2) is 0 Å². The van der Waals surface area contributed by atoms with Crippen LogP contribution in [0.5, 0.6) is 0 Å². The number of rotatable bonds is 6. The molecule has 2 aromatic carbocycles. The number of anilines is 1. The van der Waals surface area contributed by atoms with E-state index in [4.69, 9.17) is 21.4 Å². The van der Waals surface area contributed by atoms with Gasteiger partial charge in [-0.25, -0.2) is 9.48 Å². The predicted molar refractivity (Wildman–Crippen MR) is 119 cm³/mol. The minimum atomic E-state index is -0.474. The largest absolute Gasteiger partial charge is 0.463 e. The SMILES string of the molecule is CCOC(=O)C1=C(C)Nc2nc(SCc3ccccc3)nn2C1c1cccc(Cl)c1. The van der Waals surface area contributed by atoms with Crippen molar-refractivity contribution in [1.82, 2.24) is 14.8 Å². The van der Waals surface area contributed by atoms with Gasteiger partial charge in [0.1, 0.15) is 6.04 Å². The lowest BCUT2D eigenvalue weighted by molar-refractivity contribution is -0.139. The Balaban J connectivity index is 1.71. The van der Waals surface area contributed by atoms with Crippen molar-refractivity contribution in [2.45, 2.75) is 30.8 Å². The molecule has 154 valence electrons. The number of nitrogens with zero attached hydrogens (tertiary/aromatic N) is 3. The summed E-state index contributed by atoms with van der Waals surface area (Å²) in [6, 6.07) is 17.1. The van der Waals surface area contributed by atoms with Crippen LogP contribution < -0.4 is 5.32 Å². The van der Waals surface area contributed by atoms with E-state index in [1.54, 1.807) is 29.4 Å². The molecular formula is C22H21ClN4O2S. The molecule has 1 aliphatic rings. The molecule has 0 bridgehead atoms. The summed E-state index contributed by atoms with van der Waals surface area (Å²) in [6.45, 7) is 3.93. The fourth-order valence-electron chi connectivity index (χ4n) is 3.37. The first-order valence-electron chi connectivity index (χ1n) is 9.60. The molecule has 1 aromatic heterocycles. The number of allylic oxidation sites excluding steroid dienone is 1. The molecule has 2 heterocycles. The number of esters is 1. The van der Waals surface area contributed by atoms with Crippen LogP contribution >= 0.6 is 23.4 Å². The Hall–Kier alpha value is -2.77. The molecule has 4 rings (SSSR count). The zero-order chi connectivity index (χ0) is 21.1. The number of carbonyl (C=O) groups is 1. The summed E-state index contributed by atoms with van der Waals surface area (Å²) in [4.78, 5) is 17.4. The van der Waals surface area contributed by atoms with Crippen LogP contribution in [-0.2, 0) is 15.3 Å². The van der Waals surface area contributed by atoms with E-state index in [1.165, 1.54) is 5.56 Å². The third-order valence-corrected chi connectivity index (χ3v) is 5.85. The maximum atomic E-state index is 12.8. The number of hydrogen-bond donors (Lipinski definition) is 1. The topological polar surface area (TPSA) is 69.0 Å². The van der Waals surface area contributed by atoms with E-state index in [9.17, 15) is 4.79 Å². The normalized spacial score (nSPS) is 15.5. The quantitative estimate of drug-likeness (QED) is 0.426. The molecule has 0 spiro atoms. The van der Waals surface area contributed by atoms with Crippen LogP contribution in [0.3, 0.4) is 0 Å². The molecule has 0 amide bonds. The van der Waals surface area contributed by atoms with Crippen LogP contribution in [0.2, 0.25) is 5.02 Å². The van der Waals surface area contributed by atoms with E-state index >= 15 is 0 Å². The van der Waals surface area contributed by atoms with Crippen LogP contribution in [0, 0.1) is 0 Å². The number of carbonyl (C=O) groups excluding carboxylic acids is 1. The van der Waals surface area contributed by atoms with E-state index in [1.807, 2.05) is 43.3 Å². The van der Waals surface area contributed by atoms with E-state index in [0.29, 0.717) is 34.0 Å². The lowest BCUT2D eigenvalue weighted by Crippen LogP contribution is -2.29. The summed E-state index contributed by atoms with van der Waals surface area (Å²) in [5.74, 6) is 0.955. The molecule has 1 atom stereocenters. The summed E-state index contributed by atoms with van der Waals surface area (Å²) in [7, 11) is 0. The number of ether oxygens (including phenoxy) is 1. The van der Waals surface area contributed by atoms with E-state index in [0.717, 1.165) is 11.3 Å². The van der Waals surface area contributed by atoms with E-state index in [-0.39, 0.29) is 5.97 Å². The third-order valence-electron chi connectivity index (χ3n) is 4.70. The lowest BCUT2D eigenvalue weighted by atomic mass is 9.96. The van der Waals surface area contributed by atoms with Gasteiger partial charge in [-0.15, -0.1) is 5.10 Å². The van der Waals surface area contributed by atoms with Crippen molar-refractivity contribution < 1.29 is 9.53 Å². The van der Waals surface area contributed by atoms with Gasteiger partial charge in [-0.2, -0.15) is 4.98 Å². The summed E-state index contributed by atoms with van der Waals surface area (Å²) in [5.41, 5.74) is 3.22. The molecule has 0 aliphatic carbocycles. The molecule has 30 heavy (non-hydrogen) atoms. The second-order valence-corrected chi connectivity index (χ2v) is 8.16. The molecule has 0 fully saturated rings. The fourth-order valence-corrected chi connectivity index (χ4v) is 4.36. The van der Waals surface area contributed by atoms with Crippen molar-refractivity contribution in [2.75, 3.05) is 11.9 Å². The minimum absolute atomic E-state index is 0.292. The molecule has 0 saturated heterocycles. The van der Waals surface area contributed by atoms with Crippen molar-refractivity contribution >= 4 is 35.3 Å². The number of halogens is 1. The Kier molecular flexibility index (Phi) is 6.11. The second-order valence-electron chi connectivity index (χ2n) is 6.78. The Morgan fingerprint density at radius 2 is 2.03 bits per heavy atom. The number of thioether (sulfide) groups is 1. The van der Waals surface area contributed by atoms with Crippen LogP contribution in [0.4, 0.5) is 5.95 Å². The zero-order valence-corrected chi connectivity index (χ0v) is 18.2. The van der Waals surface area contributed by atoms with Crippen molar-refractivity contribution in [3.05, 3.63) is 82.0 Å². The van der Waals surface area contributed by atoms with Crippen molar-refractivity contribution in [3.63, 3.8) is 0 Å². The van der Waals surface area contributed by atoms with Crippen LogP contribution in [0.25, 0.3) is 0 Å². The molecule has 8 heteroatoms. The third kappa shape index (κ3) is 4.22. The highest BCUT2D eigenvalue weighted by Crippen LogP contribution is 2.37. The molecule has 0 radical (unpaired) electrons. The maximum Gasteiger partial charge on any atom is 0.338 e. The summed E-state index contributed by atoms with van der Waals surface area (Å²) in [5, 5.41) is 9.13. The summed E-state index contributed by atoms with van der Waals surface area (Å²) < 4.78 is 7.06. The highest BCUT2D eigenvalue weighted by Gasteiger charge is 2.35. The Labute approximate surface area is 184 Å². The summed E-state index contributed by atoms with van der Waals surface area (Å²) in [6.07, 6.45) is 0. The number of hydrogen-bond acceptors (Lipinski definition) is 6. The molecule has 3 aromatic rings. The number of aromatic nitrogens is 3. The zero-order valence-electron chi connectivity index (χ0n) is 16.6. The average molecular weight is 441 g/mol. The molecule has 1 aliphatic heterocycles. The molecule has 6 nitrogen and oxygen atoms in total. The highest BCUT2D eigenvalue weighted by atomic mass is 35.5. The van der Waals surface area contributed by atoms with Crippen LogP contribution in [0.1, 0.15) is 31.0 Å². The first-order valence-corrected chi connectivity index (χ1v) is 11.0. The monoisotopic (exact) mass is 440 g/mol. The van der Waals surface area contributed by atoms with Gasteiger partial charge in [-0.05, 0) is 37.1 Å². The van der Waals surface area contributed by atoms with E-state index in [2.05, 4.69) is 22.4 Å². The molecule has 0 saturated carbocycles. The molecule has 1 unspecified atom stereocenters. The summed E-state index contributed by atoms with van der Waals surface area (Å²) >= 11 is 7.79. The fraction of sp³-hybridized carbons (Fsp3) is 0.227. The first kappa shape index (κ1) is 20.5. The van der Waals surface area contributed by atoms with Crippen molar-refractivity contribution in [3.8, 4) is 0 Å². The van der Waals surface area contributed by atoms with Gasteiger partial charge in [0.25, 0.3) is 0 Å². The Bertz CT molecular complexity index is 1100. The van der Waals surface area contributed by atoms with Crippen LogP contribution in [-0.4, -0.2) is 27.3 Å². The lowest BCUT2D eigenvalue weighted by Gasteiger charge is -2.28. The van der Waals surface area contributed by atoms with Gasteiger partial charge in [-0.3, -0.25) is 0 Å². The Morgan fingerprint density at radius 1 is 1.23 bits per heavy atom. The number of fused-ring (bicyclic) bond motifs is 1. The van der Waals surface area contributed by atoms with Crippen LogP contribution in [0.15, 0.2) is 71.0 Å². The van der Waals surface area contributed by atoms with Gasteiger partial charge < -0.3 is 10.1 Å². The van der Waals surface area contributed by atoms with Gasteiger partial charge in [0.2, 0.25) is 11.1 Å². The average Bonchev–Trinajstić information content (AvgIpc) is 3.14. The van der Waals surface area contributed by atoms with Crippen molar-refractivity contribution in [1.29, 1.82) is 0 Å². The number of nitrogens with one attached hydrogen (secondary N) is 1. The van der Waals surface area contributed by atoms with Gasteiger partial charge in [0.05, 0.1) is 12.2 Å². The van der Waals surface area contributed by atoms with Gasteiger partial charge in [-0.1, -0.05) is 65.8 Å². The highest BCUT2D eigenvalue weighted by molar-refractivity contribution is 7.98. The van der Waals surface area contributed by atoms with E-state index < -0.39 is 6.04 Å². The Morgan fingerprint density at radius 3 is 2.77 bits per heavy atom. The van der Waals surface area contributed by atoms with Gasteiger partial charge >= 0.3 is 5.97 Å². The second kappa shape index (κ2) is 8.93. The van der Waals surface area contributed by atoms with Gasteiger partial charge in [0, 0.05) is 16.5 Å². The van der Waals surface area contributed by atoms with Crippen molar-refractivity contribution in [2.24, 2.45) is 0 Å². The molecular weight excluding hydrogens is 420 g/mol.